The first kappa shape index (κ1) is 28.8. The molecule has 10 heteroatoms. The van der Waals surface area contributed by atoms with Crippen molar-refractivity contribution >= 4 is 56.8 Å². The fourth-order valence-corrected chi connectivity index (χ4v) is 6.88. The molecule has 0 aliphatic heterocycles. The maximum Gasteiger partial charge on any atom is 0.208 e. The van der Waals surface area contributed by atoms with Gasteiger partial charge in [-0.3, -0.25) is 0 Å². The summed E-state index contributed by atoms with van der Waals surface area (Å²) < 4.78 is 6.07. The Bertz CT molecular complexity index is 2590. The number of phenols is 8. The minimum Gasteiger partial charge on any atom is -0.507 e. The average molecular weight is 636 g/mol. The molecule has 0 spiro atoms. The maximum absolute atomic E-state index is 12.0. The van der Waals surface area contributed by atoms with Crippen molar-refractivity contribution < 1.29 is 45.3 Å². The molecule has 1 heterocycles. The quantitative estimate of drug-likeness (QED) is 0.0449. The van der Waals surface area contributed by atoms with Crippen LogP contribution in [0, 0.1) is 0 Å². The molecule has 1 aromatic heterocycles. The molecule has 0 fully saturated rings. The predicted octanol–water partition coefficient (Wildman–Crippen LogP) is 6.80. The van der Waals surface area contributed by atoms with Crippen molar-refractivity contribution in [1.29, 1.82) is 0 Å². The lowest BCUT2D eigenvalue weighted by Gasteiger charge is -2.23. The standard InChI is InChI=1S/C38H25BO9/c39-30-27(29-33(42)36(45)38(47)37(46)34(29)43)31(40)28(32(41)35(30)44)26-20-10-3-1-8-18(20)25(19-9-2-4-11-21(19)26)16-13-14-24-22(15-16)17-7-5-6-12-23(17)48-24/h1-15,40-47H,39H2. The zero-order valence-corrected chi connectivity index (χ0v) is 25.1. The normalized spacial score (nSPS) is 11.7. The molecule has 0 atom stereocenters. The van der Waals surface area contributed by atoms with Gasteiger partial charge in [0, 0.05) is 21.9 Å². The predicted molar refractivity (Wildman–Crippen MR) is 187 cm³/mol. The number of benzene rings is 7. The van der Waals surface area contributed by atoms with Crippen LogP contribution in [-0.4, -0.2) is 48.7 Å². The fourth-order valence-electron chi connectivity index (χ4n) is 6.88. The van der Waals surface area contributed by atoms with E-state index in [4.69, 9.17) is 4.42 Å². The van der Waals surface area contributed by atoms with Gasteiger partial charge in [0.25, 0.3) is 0 Å². The molecule has 8 rings (SSSR count). The van der Waals surface area contributed by atoms with Crippen LogP contribution >= 0.6 is 0 Å². The van der Waals surface area contributed by atoms with Gasteiger partial charge in [0.05, 0.1) is 11.1 Å². The van der Waals surface area contributed by atoms with Crippen molar-refractivity contribution in [2.24, 2.45) is 0 Å². The van der Waals surface area contributed by atoms with Gasteiger partial charge in [0.15, 0.2) is 23.0 Å². The summed E-state index contributed by atoms with van der Waals surface area (Å²) in [5.41, 5.74) is 2.12. The summed E-state index contributed by atoms with van der Waals surface area (Å²) in [7, 11) is 1.31. The molecule has 48 heavy (non-hydrogen) atoms. The second kappa shape index (κ2) is 10.2. The van der Waals surface area contributed by atoms with Crippen LogP contribution in [-0.2, 0) is 0 Å². The summed E-state index contributed by atoms with van der Waals surface area (Å²) in [5.74, 6) is -7.65. The first-order valence-corrected chi connectivity index (χ1v) is 14.9. The largest absolute Gasteiger partial charge is 0.507 e. The van der Waals surface area contributed by atoms with E-state index in [0.717, 1.165) is 43.8 Å². The minimum atomic E-state index is -1.18. The highest BCUT2D eigenvalue weighted by Crippen LogP contribution is 2.59. The van der Waals surface area contributed by atoms with Crippen LogP contribution in [0.2, 0.25) is 0 Å². The molecule has 0 saturated carbocycles. The number of para-hydroxylation sites is 1. The first-order valence-electron chi connectivity index (χ1n) is 14.9. The zero-order valence-electron chi connectivity index (χ0n) is 25.1. The molecule has 0 unspecified atom stereocenters. The number of rotatable bonds is 3. The second-order valence-corrected chi connectivity index (χ2v) is 11.7. The Hall–Kier alpha value is -6.68. The van der Waals surface area contributed by atoms with E-state index >= 15 is 0 Å². The lowest BCUT2D eigenvalue weighted by atomic mass is 9.79. The van der Waals surface area contributed by atoms with Crippen molar-refractivity contribution in [1.82, 2.24) is 0 Å². The van der Waals surface area contributed by atoms with Crippen molar-refractivity contribution in [2.45, 2.75) is 0 Å². The van der Waals surface area contributed by atoms with E-state index in [2.05, 4.69) is 6.07 Å². The Labute approximate surface area is 272 Å². The number of furan rings is 1. The van der Waals surface area contributed by atoms with Gasteiger partial charge in [-0.05, 0) is 56.3 Å². The maximum atomic E-state index is 12.0. The van der Waals surface area contributed by atoms with E-state index < -0.39 is 57.1 Å². The summed E-state index contributed by atoms with van der Waals surface area (Å²) in [4.78, 5) is 0. The summed E-state index contributed by atoms with van der Waals surface area (Å²) in [6.45, 7) is 0. The molecule has 9 nitrogen and oxygen atoms in total. The summed E-state index contributed by atoms with van der Waals surface area (Å²) in [6.07, 6.45) is 0. The van der Waals surface area contributed by atoms with Crippen LogP contribution in [0.1, 0.15) is 0 Å². The molecule has 0 amide bonds. The van der Waals surface area contributed by atoms with Crippen molar-refractivity contribution in [3.8, 4) is 79.4 Å². The van der Waals surface area contributed by atoms with E-state index in [9.17, 15) is 40.9 Å². The van der Waals surface area contributed by atoms with Gasteiger partial charge in [-0.15, -0.1) is 0 Å². The van der Waals surface area contributed by atoms with Gasteiger partial charge in [-0.2, -0.15) is 0 Å². The Morgan fingerprint density at radius 1 is 0.354 bits per heavy atom. The van der Waals surface area contributed by atoms with Crippen LogP contribution in [0.4, 0.5) is 0 Å². The average Bonchev–Trinajstić information content (AvgIpc) is 3.48. The minimum absolute atomic E-state index is 0.185. The van der Waals surface area contributed by atoms with Gasteiger partial charge in [-0.1, -0.05) is 72.8 Å². The Morgan fingerprint density at radius 3 is 1.38 bits per heavy atom. The van der Waals surface area contributed by atoms with E-state index in [0.29, 0.717) is 16.3 Å². The Morgan fingerprint density at radius 2 is 0.792 bits per heavy atom. The third-order valence-corrected chi connectivity index (χ3v) is 9.13. The molecule has 0 bridgehead atoms. The van der Waals surface area contributed by atoms with E-state index in [-0.39, 0.29) is 11.0 Å². The number of phenolic OH excluding ortho intramolecular Hbond substituents is 8. The first-order chi connectivity index (χ1) is 23.1. The zero-order chi connectivity index (χ0) is 33.6. The monoisotopic (exact) mass is 636 g/mol. The number of fused-ring (bicyclic) bond motifs is 5. The third-order valence-electron chi connectivity index (χ3n) is 9.13. The molecule has 234 valence electrons. The molecule has 8 aromatic rings. The molecule has 0 radical (unpaired) electrons. The van der Waals surface area contributed by atoms with Crippen LogP contribution in [0.5, 0.6) is 46.0 Å². The van der Waals surface area contributed by atoms with Crippen LogP contribution in [0.15, 0.2) is 95.4 Å². The van der Waals surface area contributed by atoms with Crippen LogP contribution in [0.3, 0.4) is 0 Å². The highest BCUT2D eigenvalue weighted by atomic mass is 16.4. The Kier molecular flexibility index (Phi) is 6.09. The molecular formula is C38H25BO9. The highest BCUT2D eigenvalue weighted by molar-refractivity contribution is 6.40. The lowest BCUT2D eigenvalue weighted by molar-refractivity contribution is 0.329. The molecule has 0 aliphatic rings. The third kappa shape index (κ3) is 3.80. The number of aromatic hydroxyl groups is 8. The van der Waals surface area contributed by atoms with Crippen LogP contribution < -0.4 is 5.46 Å². The molecule has 0 aliphatic carbocycles. The smallest absolute Gasteiger partial charge is 0.208 e. The van der Waals surface area contributed by atoms with E-state index in [1.807, 2.05) is 72.8 Å². The second-order valence-electron chi connectivity index (χ2n) is 11.7. The van der Waals surface area contributed by atoms with Gasteiger partial charge in [0.2, 0.25) is 17.2 Å². The van der Waals surface area contributed by atoms with Gasteiger partial charge < -0.3 is 45.3 Å². The van der Waals surface area contributed by atoms with Crippen molar-refractivity contribution in [3.63, 3.8) is 0 Å². The molecule has 0 saturated heterocycles. The molecular weight excluding hydrogens is 611 g/mol. The highest BCUT2D eigenvalue weighted by Gasteiger charge is 2.32. The Balaban J connectivity index is 1.50. The lowest BCUT2D eigenvalue weighted by Crippen LogP contribution is -2.10. The molecule has 8 N–H and O–H groups in total. The van der Waals surface area contributed by atoms with Gasteiger partial charge in [0.1, 0.15) is 24.8 Å². The van der Waals surface area contributed by atoms with Crippen LogP contribution in [0.25, 0.3) is 76.9 Å². The number of hydrogen-bond donors (Lipinski definition) is 8. The van der Waals surface area contributed by atoms with E-state index in [1.54, 1.807) is 12.1 Å². The van der Waals surface area contributed by atoms with Gasteiger partial charge >= 0.3 is 0 Å². The van der Waals surface area contributed by atoms with E-state index in [1.165, 1.54) is 7.85 Å². The van der Waals surface area contributed by atoms with Gasteiger partial charge in [-0.25, -0.2) is 0 Å². The summed E-state index contributed by atoms with van der Waals surface area (Å²) in [6, 6.07) is 28.5. The summed E-state index contributed by atoms with van der Waals surface area (Å²) in [5, 5.41) is 91.5. The summed E-state index contributed by atoms with van der Waals surface area (Å²) >= 11 is 0. The topological polar surface area (TPSA) is 175 Å². The SMILES string of the molecule is Bc1c(O)c(O)c(-c2c3ccccc3c(-c3ccc4oc5ccccc5c4c3)c3ccccc23)c(O)c1-c1c(O)c(O)c(O)c(O)c1O. The van der Waals surface area contributed by atoms with Crippen molar-refractivity contribution in [3.05, 3.63) is 91.0 Å². The molecule has 7 aromatic carbocycles. The number of hydrogen-bond acceptors (Lipinski definition) is 9. The van der Waals surface area contributed by atoms with Crippen molar-refractivity contribution in [2.75, 3.05) is 0 Å². The fraction of sp³-hybridized carbons (Fsp3) is 0.